The molecule has 0 unspecified atom stereocenters. The van der Waals surface area contributed by atoms with E-state index in [0.29, 0.717) is 6.42 Å². The van der Waals surface area contributed by atoms with Crippen molar-refractivity contribution in [3.8, 4) is 0 Å². The van der Waals surface area contributed by atoms with Gasteiger partial charge in [-0.15, -0.1) is 0 Å². The number of hydrogen-bond donors (Lipinski definition) is 3. The highest BCUT2D eigenvalue weighted by molar-refractivity contribution is 5.16. The average molecular weight is 353 g/mol. The van der Waals surface area contributed by atoms with Crippen LogP contribution < -0.4 is 5.32 Å². The monoisotopic (exact) mass is 353 g/mol. The minimum Gasteiger partial charge on any atom is -0.391 e. The Kier molecular flexibility index (Phi) is 6.99. The van der Waals surface area contributed by atoms with Crippen molar-refractivity contribution >= 4 is 0 Å². The normalized spacial score (nSPS) is 15.6. The molecule has 2 aromatic carbocycles. The van der Waals surface area contributed by atoms with Crippen LogP contribution in [-0.2, 0) is 13.0 Å². The molecule has 2 aromatic rings. The first-order chi connectivity index (χ1) is 11.9. The third-order valence-corrected chi connectivity index (χ3v) is 4.05. The first-order valence-electron chi connectivity index (χ1n) is 8.12. The number of nitrogens with one attached hydrogen (secondary N) is 1. The van der Waals surface area contributed by atoms with Crippen molar-refractivity contribution in [1.82, 2.24) is 5.32 Å². The van der Waals surface area contributed by atoms with Crippen LogP contribution in [0.15, 0.2) is 60.7 Å². The van der Waals surface area contributed by atoms with E-state index >= 15 is 0 Å². The lowest BCUT2D eigenvalue weighted by Gasteiger charge is -2.30. The van der Waals surface area contributed by atoms with Gasteiger partial charge in [0.05, 0.1) is 12.1 Å². The van der Waals surface area contributed by atoms with Crippen LogP contribution in [0, 0.1) is 0 Å². The number of aliphatic hydroxyl groups excluding tert-OH is 2. The summed E-state index contributed by atoms with van der Waals surface area (Å²) in [5.41, 5.74) is 1.70. The topological polar surface area (TPSA) is 52.5 Å². The second-order valence-corrected chi connectivity index (χ2v) is 5.97. The average Bonchev–Trinajstić information content (AvgIpc) is 2.61. The second-order valence-electron chi connectivity index (χ2n) is 5.97. The van der Waals surface area contributed by atoms with Crippen LogP contribution in [0.1, 0.15) is 17.5 Å². The van der Waals surface area contributed by atoms with Gasteiger partial charge in [0, 0.05) is 6.54 Å². The second kappa shape index (κ2) is 8.99. The molecule has 3 atom stereocenters. The molecular weight excluding hydrogens is 331 g/mol. The predicted octanol–water partition coefficient (Wildman–Crippen LogP) is 3.06. The van der Waals surface area contributed by atoms with Crippen molar-refractivity contribution in [2.45, 2.75) is 43.8 Å². The third kappa shape index (κ3) is 6.16. The van der Waals surface area contributed by atoms with Gasteiger partial charge in [-0.3, -0.25) is 0 Å². The Labute approximate surface area is 145 Å². The van der Waals surface area contributed by atoms with Crippen LogP contribution in [0.2, 0.25) is 0 Å². The number of hydrogen-bond acceptors (Lipinski definition) is 3. The summed E-state index contributed by atoms with van der Waals surface area (Å²) in [7, 11) is 0. The maximum atomic E-state index is 12.9. The first kappa shape index (κ1) is 19.4. The number of alkyl halides is 3. The molecule has 0 fully saturated rings. The smallest absolute Gasteiger partial charge is 0.391 e. The van der Waals surface area contributed by atoms with E-state index in [2.05, 4.69) is 5.32 Å². The summed E-state index contributed by atoms with van der Waals surface area (Å²) in [6.45, 7) is 0.126. The van der Waals surface area contributed by atoms with Gasteiger partial charge in [-0.25, -0.2) is 0 Å². The van der Waals surface area contributed by atoms with Crippen LogP contribution in [0.5, 0.6) is 0 Å². The van der Waals surface area contributed by atoms with Crippen molar-refractivity contribution < 1.29 is 23.4 Å². The summed E-state index contributed by atoms with van der Waals surface area (Å²) < 4.78 is 38.8. The summed E-state index contributed by atoms with van der Waals surface area (Å²) >= 11 is 0. The Morgan fingerprint density at radius 1 is 0.840 bits per heavy atom. The zero-order valence-electron chi connectivity index (χ0n) is 13.7. The molecule has 3 nitrogen and oxygen atoms in total. The maximum absolute atomic E-state index is 12.9. The zero-order valence-corrected chi connectivity index (χ0v) is 13.7. The van der Waals surface area contributed by atoms with Gasteiger partial charge in [0.25, 0.3) is 0 Å². The van der Waals surface area contributed by atoms with E-state index < -0.39 is 24.4 Å². The molecule has 0 aliphatic rings. The van der Waals surface area contributed by atoms with Gasteiger partial charge in [-0.1, -0.05) is 60.7 Å². The van der Waals surface area contributed by atoms with Crippen molar-refractivity contribution in [2.24, 2.45) is 0 Å². The standard InChI is InChI=1S/C19H22F3NO2/c20-19(21,22)18(25)17(23-13-15-9-5-2-6-10-15)16(24)12-11-14-7-3-1-4-8-14/h1-10,16-18,23-25H,11-13H2/t16-,17-,18-/m0/s1. The molecule has 3 N–H and O–H groups in total. The summed E-state index contributed by atoms with van der Waals surface area (Å²) in [6, 6.07) is 16.6. The maximum Gasteiger partial charge on any atom is 0.415 e. The lowest BCUT2D eigenvalue weighted by atomic mass is 9.97. The van der Waals surface area contributed by atoms with Gasteiger partial charge in [-0.2, -0.15) is 13.2 Å². The Bertz CT molecular complexity index is 620. The van der Waals surface area contributed by atoms with Crippen molar-refractivity contribution in [3.05, 3.63) is 71.8 Å². The Morgan fingerprint density at radius 3 is 1.88 bits per heavy atom. The molecule has 0 saturated heterocycles. The molecule has 136 valence electrons. The molecule has 6 heteroatoms. The predicted molar refractivity (Wildman–Crippen MR) is 89.9 cm³/mol. The quantitative estimate of drug-likeness (QED) is 0.684. The third-order valence-electron chi connectivity index (χ3n) is 4.05. The Hall–Kier alpha value is -1.89. The van der Waals surface area contributed by atoms with Gasteiger partial charge in [0.15, 0.2) is 6.10 Å². The highest BCUT2D eigenvalue weighted by Gasteiger charge is 2.45. The lowest BCUT2D eigenvalue weighted by Crippen LogP contribution is -2.54. The lowest BCUT2D eigenvalue weighted by molar-refractivity contribution is -0.220. The van der Waals surface area contributed by atoms with Gasteiger partial charge in [0.2, 0.25) is 0 Å². The van der Waals surface area contributed by atoms with E-state index in [4.69, 9.17) is 0 Å². The van der Waals surface area contributed by atoms with Crippen LogP contribution in [0.25, 0.3) is 0 Å². The number of benzene rings is 2. The van der Waals surface area contributed by atoms with E-state index in [1.54, 1.807) is 30.3 Å². The van der Waals surface area contributed by atoms with E-state index in [-0.39, 0.29) is 13.0 Å². The molecular formula is C19H22F3NO2. The summed E-state index contributed by atoms with van der Waals surface area (Å²) in [4.78, 5) is 0. The van der Waals surface area contributed by atoms with Gasteiger partial charge in [-0.05, 0) is 24.0 Å². The van der Waals surface area contributed by atoms with Gasteiger partial charge >= 0.3 is 6.18 Å². The fourth-order valence-electron chi connectivity index (χ4n) is 2.63. The SMILES string of the molecule is O[C@@H](CCc1ccccc1)[C@H](NCc1ccccc1)[C@H](O)C(F)(F)F. The molecule has 0 radical (unpaired) electrons. The van der Waals surface area contributed by atoms with E-state index in [1.165, 1.54) is 0 Å². The molecule has 25 heavy (non-hydrogen) atoms. The fourth-order valence-corrected chi connectivity index (χ4v) is 2.63. The number of halogens is 3. The van der Waals surface area contributed by atoms with Crippen LogP contribution in [-0.4, -0.2) is 34.6 Å². The number of rotatable bonds is 8. The molecule has 0 amide bonds. The Morgan fingerprint density at radius 2 is 1.36 bits per heavy atom. The molecule has 0 spiro atoms. The summed E-state index contributed by atoms with van der Waals surface area (Å²) in [5.74, 6) is 0. The number of aliphatic hydroxyl groups is 2. The summed E-state index contributed by atoms with van der Waals surface area (Å²) in [5, 5.41) is 22.6. The van der Waals surface area contributed by atoms with E-state index in [1.807, 2.05) is 30.3 Å². The highest BCUT2D eigenvalue weighted by atomic mass is 19.4. The van der Waals surface area contributed by atoms with E-state index in [9.17, 15) is 23.4 Å². The van der Waals surface area contributed by atoms with Crippen LogP contribution in [0.4, 0.5) is 13.2 Å². The molecule has 0 heterocycles. The van der Waals surface area contributed by atoms with Crippen LogP contribution >= 0.6 is 0 Å². The minimum atomic E-state index is -4.80. The van der Waals surface area contributed by atoms with E-state index in [0.717, 1.165) is 11.1 Å². The molecule has 0 aliphatic heterocycles. The Balaban J connectivity index is 2.02. The zero-order chi connectivity index (χ0) is 18.3. The van der Waals surface area contributed by atoms with Gasteiger partial charge < -0.3 is 15.5 Å². The van der Waals surface area contributed by atoms with Gasteiger partial charge in [0.1, 0.15) is 0 Å². The van der Waals surface area contributed by atoms with Crippen LogP contribution in [0.3, 0.4) is 0 Å². The molecule has 2 rings (SSSR count). The minimum absolute atomic E-state index is 0.115. The first-order valence-corrected chi connectivity index (χ1v) is 8.12. The van der Waals surface area contributed by atoms with Crippen molar-refractivity contribution in [2.75, 3.05) is 0 Å². The highest BCUT2D eigenvalue weighted by Crippen LogP contribution is 2.25. The number of aryl methyl sites for hydroxylation is 1. The largest absolute Gasteiger partial charge is 0.415 e. The molecule has 0 aliphatic carbocycles. The van der Waals surface area contributed by atoms with Crippen molar-refractivity contribution in [3.63, 3.8) is 0 Å². The molecule has 0 saturated carbocycles. The van der Waals surface area contributed by atoms with Crippen molar-refractivity contribution in [1.29, 1.82) is 0 Å². The molecule has 0 aromatic heterocycles. The fraction of sp³-hybridized carbons (Fsp3) is 0.368. The molecule has 0 bridgehead atoms. The summed E-state index contributed by atoms with van der Waals surface area (Å²) in [6.07, 6.45) is -8.23.